The number of halogens is 4. The number of benzene rings is 1. The summed E-state index contributed by atoms with van der Waals surface area (Å²) in [5.41, 5.74) is -0.621. The van der Waals surface area contributed by atoms with Crippen LogP contribution < -0.4 is 4.74 Å². The Kier molecular flexibility index (Phi) is 3.51. The maximum absolute atomic E-state index is 13.3. The average molecular weight is 288 g/mol. The Hall–Kier alpha value is -2.71. The molecule has 0 aliphatic heterocycles. The summed E-state index contributed by atoms with van der Waals surface area (Å²) in [5, 5.41) is 10.7. The summed E-state index contributed by atoms with van der Waals surface area (Å²) in [7, 11) is 0. The number of para-hydroxylation sites is 2. The van der Waals surface area contributed by atoms with Crippen LogP contribution in [-0.2, 0) is 0 Å². The number of pyridine rings is 1. The maximum atomic E-state index is 13.3. The SMILES string of the molecule is O=[N+]([O-])c1ccccc1Oc1c(F)c(F)nc(F)c1F. The third kappa shape index (κ3) is 2.37. The molecule has 0 aliphatic rings. The lowest BCUT2D eigenvalue weighted by Crippen LogP contribution is -2.04. The predicted molar refractivity (Wildman–Crippen MR) is 57.2 cm³/mol. The molecule has 0 saturated carbocycles. The van der Waals surface area contributed by atoms with Crippen molar-refractivity contribution in [2.24, 2.45) is 0 Å². The summed E-state index contributed by atoms with van der Waals surface area (Å²) in [6.07, 6.45) is 0. The average Bonchev–Trinajstić information content (AvgIpc) is 2.41. The van der Waals surface area contributed by atoms with Crippen molar-refractivity contribution in [1.29, 1.82) is 0 Å². The molecule has 1 aromatic heterocycles. The largest absolute Gasteiger partial charge is 0.444 e. The fraction of sp³-hybridized carbons (Fsp3) is 0. The predicted octanol–water partition coefficient (Wildman–Crippen LogP) is 3.34. The summed E-state index contributed by atoms with van der Waals surface area (Å²) in [5.74, 6) is -9.62. The zero-order valence-electron chi connectivity index (χ0n) is 9.44. The second kappa shape index (κ2) is 5.11. The molecule has 0 unspecified atom stereocenters. The van der Waals surface area contributed by atoms with E-state index in [1.54, 1.807) is 0 Å². The van der Waals surface area contributed by atoms with Gasteiger partial charge in [0.15, 0.2) is 0 Å². The fourth-order valence-electron chi connectivity index (χ4n) is 1.36. The third-order valence-corrected chi connectivity index (χ3v) is 2.23. The summed E-state index contributed by atoms with van der Waals surface area (Å²) < 4.78 is 57.0. The first-order valence-corrected chi connectivity index (χ1v) is 5.03. The summed E-state index contributed by atoms with van der Waals surface area (Å²) in [4.78, 5) is 12.2. The van der Waals surface area contributed by atoms with E-state index >= 15 is 0 Å². The van der Waals surface area contributed by atoms with Gasteiger partial charge in [0.25, 0.3) is 11.9 Å². The number of aromatic nitrogens is 1. The molecule has 0 fully saturated rings. The monoisotopic (exact) mass is 288 g/mol. The first-order valence-electron chi connectivity index (χ1n) is 5.03. The number of hydrogen-bond donors (Lipinski definition) is 0. The highest BCUT2D eigenvalue weighted by Gasteiger charge is 2.25. The molecule has 0 spiro atoms. The van der Waals surface area contributed by atoms with E-state index in [-0.39, 0.29) is 0 Å². The smallest absolute Gasteiger partial charge is 0.311 e. The Balaban J connectivity index is 2.54. The van der Waals surface area contributed by atoms with Crippen LogP contribution in [0.15, 0.2) is 24.3 Å². The van der Waals surface area contributed by atoms with Crippen LogP contribution in [0, 0.1) is 33.6 Å². The van der Waals surface area contributed by atoms with E-state index in [1.165, 1.54) is 12.1 Å². The van der Waals surface area contributed by atoms with Gasteiger partial charge in [0.05, 0.1) is 4.92 Å². The Morgan fingerprint density at radius 3 is 2.15 bits per heavy atom. The number of hydrogen-bond acceptors (Lipinski definition) is 4. The van der Waals surface area contributed by atoms with E-state index in [1.807, 2.05) is 0 Å². The fourth-order valence-corrected chi connectivity index (χ4v) is 1.36. The van der Waals surface area contributed by atoms with Crippen LogP contribution in [0.4, 0.5) is 23.2 Å². The molecule has 0 radical (unpaired) electrons. The van der Waals surface area contributed by atoms with Gasteiger partial charge in [-0.2, -0.15) is 22.5 Å². The van der Waals surface area contributed by atoms with Crippen molar-refractivity contribution in [3.63, 3.8) is 0 Å². The summed E-state index contributed by atoms with van der Waals surface area (Å²) >= 11 is 0. The first kappa shape index (κ1) is 13.7. The molecule has 0 atom stereocenters. The Labute approximate surface area is 108 Å². The van der Waals surface area contributed by atoms with Crippen molar-refractivity contribution in [2.45, 2.75) is 0 Å². The van der Waals surface area contributed by atoms with E-state index in [0.717, 1.165) is 12.1 Å². The van der Waals surface area contributed by atoms with E-state index in [9.17, 15) is 27.7 Å². The van der Waals surface area contributed by atoms with Crippen LogP contribution in [0.2, 0.25) is 0 Å². The molecular weight excluding hydrogens is 284 g/mol. The standard InChI is InChI=1S/C11H4F4N2O3/c12-7-9(8(13)11(15)16-10(7)14)20-6-4-2-1-3-5(6)17(18)19/h1-4H. The van der Waals surface area contributed by atoms with Gasteiger partial charge in [0.2, 0.25) is 23.1 Å². The van der Waals surface area contributed by atoms with Gasteiger partial charge in [0, 0.05) is 6.07 Å². The van der Waals surface area contributed by atoms with Crippen LogP contribution in [-0.4, -0.2) is 9.91 Å². The molecule has 5 nitrogen and oxygen atoms in total. The quantitative estimate of drug-likeness (QED) is 0.376. The second-order valence-corrected chi connectivity index (χ2v) is 3.48. The molecule has 1 aromatic carbocycles. The molecule has 0 amide bonds. The van der Waals surface area contributed by atoms with Crippen molar-refractivity contribution < 1.29 is 27.2 Å². The molecule has 0 saturated heterocycles. The minimum atomic E-state index is -1.92. The molecule has 2 aromatic rings. The summed E-state index contributed by atoms with van der Waals surface area (Å²) in [6, 6.07) is 4.59. The molecule has 2 rings (SSSR count). The molecular formula is C11H4F4N2O3. The summed E-state index contributed by atoms with van der Waals surface area (Å²) in [6.45, 7) is 0. The number of ether oxygens (including phenoxy) is 1. The lowest BCUT2D eigenvalue weighted by Gasteiger charge is -2.08. The van der Waals surface area contributed by atoms with Gasteiger partial charge in [-0.3, -0.25) is 10.1 Å². The first-order chi connectivity index (χ1) is 9.41. The Morgan fingerprint density at radius 1 is 1.05 bits per heavy atom. The topological polar surface area (TPSA) is 65.3 Å². The van der Waals surface area contributed by atoms with Crippen LogP contribution in [0.25, 0.3) is 0 Å². The van der Waals surface area contributed by atoms with Crippen LogP contribution in [0.3, 0.4) is 0 Å². The van der Waals surface area contributed by atoms with Gasteiger partial charge in [-0.15, -0.1) is 0 Å². The number of nitro groups is 1. The molecule has 9 heteroatoms. The van der Waals surface area contributed by atoms with Crippen molar-refractivity contribution in [1.82, 2.24) is 4.98 Å². The lowest BCUT2D eigenvalue weighted by molar-refractivity contribution is -0.385. The minimum absolute atomic E-state index is 0.569. The highest BCUT2D eigenvalue weighted by molar-refractivity contribution is 5.48. The molecule has 1 heterocycles. The van der Waals surface area contributed by atoms with Gasteiger partial charge in [-0.05, 0) is 6.07 Å². The van der Waals surface area contributed by atoms with Gasteiger partial charge < -0.3 is 4.74 Å². The van der Waals surface area contributed by atoms with E-state index < -0.39 is 45.6 Å². The Bertz CT molecular complexity index is 667. The van der Waals surface area contributed by atoms with Gasteiger partial charge in [-0.25, -0.2) is 0 Å². The normalized spacial score (nSPS) is 10.4. The van der Waals surface area contributed by atoms with Crippen molar-refractivity contribution in [3.05, 3.63) is 57.9 Å². The molecule has 0 bridgehead atoms. The molecule has 104 valence electrons. The number of rotatable bonds is 3. The molecule has 20 heavy (non-hydrogen) atoms. The lowest BCUT2D eigenvalue weighted by atomic mass is 10.3. The Morgan fingerprint density at radius 2 is 1.60 bits per heavy atom. The minimum Gasteiger partial charge on any atom is -0.444 e. The van der Waals surface area contributed by atoms with Crippen molar-refractivity contribution >= 4 is 5.69 Å². The molecule has 0 N–H and O–H groups in total. The molecule has 0 aliphatic carbocycles. The van der Waals surface area contributed by atoms with Crippen LogP contribution >= 0.6 is 0 Å². The van der Waals surface area contributed by atoms with Gasteiger partial charge in [0.1, 0.15) is 0 Å². The second-order valence-electron chi connectivity index (χ2n) is 3.48. The van der Waals surface area contributed by atoms with E-state index in [0.29, 0.717) is 0 Å². The number of nitrogens with zero attached hydrogens (tertiary/aromatic N) is 2. The van der Waals surface area contributed by atoms with E-state index in [4.69, 9.17) is 0 Å². The van der Waals surface area contributed by atoms with Gasteiger partial charge >= 0.3 is 5.69 Å². The van der Waals surface area contributed by atoms with Crippen LogP contribution in [0.5, 0.6) is 11.5 Å². The van der Waals surface area contributed by atoms with Crippen LogP contribution in [0.1, 0.15) is 0 Å². The zero-order chi connectivity index (χ0) is 14.9. The third-order valence-electron chi connectivity index (χ3n) is 2.23. The van der Waals surface area contributed by atoms with Crippen molar-refractivity contribution in [2.75, 3.05) is 0 Å². The highest BCUT2D eigenvalue weighted by Crippen LogP contribution is 2.34. The number of nitro benzene ring substituents is 1. The van der Waals surface area contributed by atoms with Crippen molar-refractivity contribution in [3.8, 4) is 11.5 Å². The maximum Gasteiger partial charge on any atom is 0.311 e. The van der Waals surface area contributed by atoms with Gasteiger partial charge in [-0.1, -0.05) is 12.1 Å². The highest BCUT2D eigenvalue weighted by atomic mass is 19.2. The zero-order valence-corrected chi connectivity index (χ0v) is 9.44. The van der Waals surface area contributed by atoms with E-state index in [2.05, 4.69) is 9.72 Å².